The Morgan fingerprint density at radius 3 is 1.46 bits per heavy atom. The van der Waals surface area contributed by atoms with Gasteiger partial charge in [0.05, 0.1) is 27.2 Å². The van der Waals surface area contributed by atoms with Gasteiger partial charge in [0.15, 0.2) is 0 Å². The van der Waals surface area contributed by atoms with E-state index in [1.165, 1.54) is 11.1 Å². The van der Waals surface area contributed by atoms with Gasteiger partial charge >= 0.3 is 0 Å². The zero-order valence-electron chi connectivity index (χ0n) is 10.0. The number of nitrogens with zero attached hydrogens (tertiary/aromatic N) is 1. The van der Waals surface area contributed by atoms with Crippen LogP contribution in [-0.2, 0) is 0 Å². The van der Waals surface area contributed by atoms with Crippen molar-refractivity contribution in [3.05, 3.63) is 23.3 Å². The van der Waals surface area contributed by atoms with Gasteiger partial charge < -0.3 is 4.48 Å². The van der Waals surface area contributed by atoms with E-state index in [0.717, 1.165) is 17.6 Å². The average Bonchev–Trinajstić information content (AvgIpc) is 2.02. The zero-order valence-corrected chi connectivity index (χ0v) is 10.0. The molecular weight excluding hydrogens is 158 g/mol. The first-order chi connectivity index (χ1) is 5.91. The van der Waals surface area contributed by atoms with E-state index in [9.17, 15) is 0 Å². The van der Waals surface area contributed by atoms with Crippen LogP contribution in [0.25, 0.3) is 0 Å². The van der Waals surface area contributed by atoms with Crippen LogP contribution in [0.15, 0.2) is 23.3 Å². The maximum absolute atomic E-state index is 2.28. The predicted octanol–water partition coefficient (Wildman–Crippen LogP) is 3.00. The third-order valence-corrected chi connectivity index (χ3v) is 2.34. The van der Waals surface area contributed by atoms with Crippen LogP contribution in [0, 0.1) is 0 Å². The van der Waals surface area contributed by atoms with E-state index < -0.39 is 0 Å². The Hall–Kier alpha value is -0.560. The molecule has 0 aromatic rings. The van der Waals surface area contributed by atoms with Crippen LogP contribution >= 0.6 is 0 Å². The number of rotatable bonds is 4. The molecule has 0 aromatic heterocycles. The maximum atomic E-state index is 2.28. The Morgan fingerprint density at radius 1 is 0.923 bits per heavy atom. The molecule has 0 saturated carbocycles. The van der Waals surface area contributed by atoms with Crippen molar-refractivity contribution in [1.29, 1.82) is 0 Å². The van der Waals surface area contributed by atoms with Gasteiger partial charge in [-0.15, -0.1) is 0 Å². The highest BCUT2D eigenvalue weighted by molar-refractivity contribution is 4.98. The molecule has 0 atom stereocenters. The van der Waals surface area contributed by atoms with Crippen LogP contribution < -0.4 is 0 Å². The predicted molar refractivity (Wildman–Crippen MR) is 60.7 cm³/mol. The summed E-state index contributed by atoms with van der Waals surface area (Å²) in [6, 6.07) is 0. The minimum Gasteiger partial charge on any atom is -0.322 e. The largest absolute Gasteiger partial charge is 0.322 e. The highest BCUT2D eigenvalue weighted by Crippen LogP contribution is 2.08. The highest BCUT2D eigenvalue weighted by atomic mass is 15.3. The van der Waals surface area contributed by atoms with Crippen LogP contribution in [0.2, 0.25) is 0 Å². The van der Waals surface area contributed by atoms with Crippen LogP contribution in [0.3, 0.4) is 0 Å². The van der Waals surface area contributed by atoms with Gasteiger partial charge in [-0.2, -0.15) is 0 Å². The van der Waals surface area contributed by atoms with Crippen LogP contribution in [0.1, 0.15) is 27.7 Å². The Bertz CT molecular complexity index is 187. The molecule has 0 rings (SSSR count). The minimum absolute atomic E-state index is 1.05. The summed E-state index contributed by atoms with van der Waals surface area (Å²) in [6.07, 6.45) is 4.40. The fourth-order valence-corrected chi connectivity index (χ4v) is 1.59. The van der Waals surface area contributed by atoms with E-state index in [4.69, 9.17) is 0 Å². The first-order valence-corrected chi connectivity index (χ1v) is 4.97. The summed E-state index contributed by atoms with van der Waals surface area (Å²) in [4.78, 5) is 0. The molecule has 76 valence electrons. The summed E-state index contributed by atoms with van der Waals surface area (Å²) >= 11 is 0. The summed E-state index contributed by atoms with van der Waals surface area (Å²) in [5.74, 6) is 0. The van der Waals surface area contributed by atoms with Gasteiger partial charge in [0.1, 0.15) is 0 Å². The average molecular weight is 182 g/mol. The Kier molecular flexibility index (Phi) is 5.01. The number of hydrogen-bond donors (Lipinski definition) is 0. The van der Waals surface area contributed by atoms with Crippen molar-refractivity contribution in [1.82, 2.24) is 0 Å². The first kappa shape index (κ1) is 12.4. The fraction of sp³-hybridized carbons (Fsp3) is 0.667. The maximum Gasteiger partial charge on any atom is 0.0998 e. The van der Waals surface area contributed by atoms with E-state index in [1.807, 2.05) is 0 Å². The molecule has 13 heavy (non-hydrogen) atoms. The standard InChI is InChI=1S/C12H24N/c1-7-11(3)9-13(5,6)10-12(4)8-2/h7-8H,9-10H2,1-6H3/q+1. The molecule has 0 aliphatic carbocycles. The lowest BCUT2D eigenvalue weighted by Crippen LogP contribution is -2.42. The molecular formula is C12H24N+. The summed E-state index contributed by atoms with van der Waals surface area (Å²) in [5.41, 5.74) is 2.93. The summed E-state index contributed by atoms with van der Waals surface area (Å²) in [5, 5.41) is 0. The molecule has 0 fully saturated rings. The first-order valence-electron chi connectivity index (χ1n) is 4.97. The molecule has 1 nitrogen and oxygen atoms in total. The number of allylic oxidation sites excluding steroid dienone is 2. The van der Waals surface area contributed by atoms with Crippen LogP contribution in [0.4, 0.5) is 0 Å². The third-order valence-electron chi connectivity index (χ3n) is 2.34. The smallest absolute Gasteiger partial charge is 0.0998 e. The van der Waals surface area contributed by atoms with Gasteiger partial charge in [0.25, 0.3) is 0 Å². The quantitative estimate of drug-likeness (QED) is 0.463. The summed E-state index contributed by atoms with van der Waals surface area (Å²) in [7, 11) is 4.56. The lowest BCUT2D eigenvalue weighted by molar-refractivity contribution is -0.880. The van der Waals surface area contributed by atoms with Gasteiger partial charge in [0.2, 0.25) is 0 Å². The minimum atomic E-state index is 1.05. The van der Waals surface area contributed by atoms with E-state index in [2.05, 4.69) is 53.9 Å². The molecule has 0 aromatic carbocycles. The second kappa shape index (κ2) is 5.23. The second-order valence-corrected chi connectivity index (χ2v) is 4.52. The molecule has 0 N–H and O–H groups in total. The van der Waals surface area contributed by atoms with Gasteiger partial charge in [-0.1, -0.05) is 12.2 Å². The number of quaternary nitrogens is 1. The Balaban J connectivity index is 4.24. The molecule has 0 unspecified atom stereocenters. The molecule has 0 aliphatic heterocycles. The number of likely N-dealkylation sites (N-methyl/N-ethyl adjacent to an activating group) is 1. The van der Waals surface area contributed by atoms with Crippen molar-refractivity contribution < 1.29 is 4.48 Å². The van der Waals surface area contributed by atoms with Crippen LogP contribution in [-0.4, -0.2) is 31.7 Å². The molecule has 0 aliphatic rings. The number of hydrogen-bond acceptors (Lipinski definition) is 0. The Morgan fingerprint density at radius 2 is 1.23 bits per heavy atom. The molecule has 0 radical (unpaired) electrons. The van der Waals surface area contributed by atoms with Gasteiger partial charge in [-0.25, -0.2) is 0 Å². The van der Waals surface area contributed by atoms with Crippen molar-refractivity contribution in [3.63, 3.8) is 0 Å². The summed E-state index contributed by atoms with van der Waals surface area (Å²) < 4.78 is 1.05. The van der Waals surface area contributed by atoms with E-state index in [-0.39, 0.29) is 0 Å². The molecule has 0 amide bonds. The topological polar surface area (TPSA) is 0 Å². The Labute approximate surface area is 83.3 Å². The van der Waals surface area contributed by atoms with E-state index in [1.54, 1.807) is 0 Å². The van der Waals surface area contributed by atoms with Gasteiger partial charge in [0, 0.05) is 0 Å². The van der Waals surface area contributed by atoms with Crippen molar-refractivity contribution in [2.45, 2.75) is 27.7 Å². The van der Waals surface area contributed by atoms with Gasteiger partial charge in [-0.05, 0) is 38.8 Å². The second-order valence-electron chi connectivity index (χ2n) is 4.52. The molecule has 0 saturated heterocycles. The monoisotopic (exact) mass is 182 g/mol. The lowest BCUT2D eigenvalue weighted by atomic mass is 10.2. The third kappa shape index (κ3) is 5.64. The summed E-state index contributed by atoms with van der Waals surface area (Å²) in [6.45, 7) is 10.9. The van der Waals surface area contributed by atoms with Crippen molar-refractivity contribution >= 4 is 0 Å². The molecule has 0 bridgehead atoms. The van der Waals surface area contributed by atoms with Crippen molar-refractivity contribution in [2.75, 3.05) is 27.2 Å². The van der Waals surface area contributed by atoms with Gasteiger partial charge in [-0.3, -0.25) is 0 Å². The van der Waals surface area contributed by atoms with Crippen molar-refractivity contribution in [2.24, 2.45) is 0 Å². The molecule has 0 heterocycles. The zero-order chi connectivity index (χ0) is 10.5. The molecule has 1 heteroatoms. The molecule has 0 spiro atoms. The van der Waals surface area contributed by atoms with E-state index >= 15 is 0 Å². The lowest BCUT2D eigenvalue weighted by Gasteiger charge is -2.30. The van der Waals surface area contributed by atoms with Crippen molar-refractivity contribution in [3.8, 4) is 0 Å². The van der Waals surface area contributed by atoms with Crippen LogP contribution in [0.5, 0.6) is 0 Å². The van der Waals surface area contributed by atoms with E-state index in [0.29, 0.717) is 0 Å². The fourth-order valence-electron chi connectivity index (χ4n) is 1.59. The highest BCUT2D eigenvalue weighted by Gasteiger charge is 2.15. The normalized spacial score (nSPS) is 14.9. The SMILES string of the molecule is CC=C(C)C[N+](C)(C)CC(C)=CC.